The first kappa shape index (κ1) is 20.6. The van der Waals surface area contributed by atoms with Crippen LogP contribution in [0.2, 0.25) is 5.02 Å². The number of amides is 1. The Bertz CT molecular complexity index is 1220. The van der Waals surface area contributed by atoms with E-state index in [-0.39, 0.29) is 23.2 Å². The predicted octanol–water partition coefficient (Wildman–Crippen LogP) is 5.85. The predicted molar refractivity (Wildman–Crippen MR) is 131 cm³/mol. The summed E-state index contributed by atoms with van der Waals surface area (Å²) in [5, 5.41) is 5.16. The minimum absolute atomic E-state index is 0.0444. The van der Waals surface area contributed by atoms with Crippen LogP contribution in [0.5, 0.6) is 0 Å². The molecule has 2 heterocycles. The average molecular weight is 483 g/mol. The molecule has 1 amide bonds. The van der Waals surface area contributed by atoms with Gasteiger partial charge in [-0.15, -0.1) is 11.8 Å². The summed E-state index contributed by atoms with van der Waals surface area (Å²) in [6.45, 7) is 0.0470. The van der Waals surface area contributed by atoms with Gasteiger partial charge in [-0.25, -0.2) is 0 Å². The van der Waals surface area contributed by atoms with E-state index in [0.717, 1.165) is 26.5 Å². The van der Waals surface area contributed by atoms with Gasteiger partial charge >= 0.3 is 4.87 Å². The molecule has 0 spiro atoms. The van der Waals surface area contributed by atoms with Crippen LogP contribution in [0.1, 0.15) is 35.6 Å². The van der Waals surface area contributed by atoms with Gasteiger partial charge < -0.3 is 5.32 Å². The van der Waals surface area contributed by atoms with Crippen molar-refractivity contribution in [2.75, 3.05) is 5.32 Å². The average Bonchev–Trinajstić information content (AvgIpc) is 3.48. The molecule has 4 nitrogen and oxygen atoms in total. The molecule has 32 heavy (non-hydrogen) atoms. The molecule has 0 radical (unpaired) electrons. The number of anilines is 1. The maximum absolute atomic E-state index is 13.1. The first-order valence-corrected chi connectivity index (χ1v) is 13.2. The van der Waals surface area contributed by atoms with Crippen LogP contribution in [-0.4, -0.2) is 15.7 Å². The molecule has 5 atom stereocenters. The Hall–Kier alpha value is -2.02. The first-order valence-electron chi connectivity index (χ1n) is 11.1. The van der Waals surface area contributed by atoms with Crippen molar-refractivity contribution in [3.8, 4) is 0 Å². The SMILES string of the molecule is O=C(Cn1c2c(sc1=O)[C@@H](c1ccc(Cl)cc1)[C@@H]1[C@H]3CC[C@@H](C3)[C@H]1S2)Nc1ccccc1. The first-order chi connectivity index (χ1) is 15.6. The van der Waals surface area contributed by atoms with Gasteiger partial charge in [-0.1, -0.05) is 53.3 Å². The summed E-state index contributed by atoms with van der Waals surface area (Å²) in [5.41, 5.74) is 1.98. The number of thioether (sulfide) groups is 1. The largest absolute Gasteiger partial charge is 0.325 e. The molecule has 0 unspecified atom stereocenters. The zero-order chi connectivity index (χ0) is 21.8. The third-order valence-corrected chi connectivity index (χ3v) is 10.4. The van der Waals surface area contributed by atoms with Crippen LogP contribution in [0, 0.1) is 17.8 Å². The fourth-order valence-electron chi connectivity index (χ4n) is 6.00. The maximum atomic E-state index is 13.1. The molecule has 2 bridgehead atoms. The van der Waals surface area contributed by atoms with Crippen molar-refractivity contribution >= 4 is 46.3 Å². The monoisotopic (exact) mass is 482 g/mol. The number of hydrogen-bond acceptors (Lipinski definition) is 4. The number of rotatable bonds is 4. The Morgan fingerprint density at radius 3 is 2.59 bits per heavy atom. The van der Waals surface area contributed by atoms with E-state index >= 15 is 0 Å². The van der Waals surface area contributed by atoms with Crippen molar-refractivity contribution in [2.45, 2.75) is 42.0 Å². The fourth-order valence-corrected chi connectivity index (χ4v) is 9.27. The van der Waals surface area contributed by atoms with Crippen molar-refractivity contribution in [3.05, 3.63) is 79.7 Å². The number of para-hydroxylation sites is 1. The van der Waals surface area contributed by atoms with Crippen LogP contribution in [0.4, 0.5) is 5.69 Å². The number of carbonyl (C=O) groups is 1. The zero-order valence-electron chi connectivity index (χ0n) is 17.4. The molecule has 0 saturated heterocycles. The quantitative estimate of drug-likeness (QED) is 0.507. The van der Waals surface area contributed by atoms with Gasteiger partial charge in [0.15, 0.2) is 0 Å². The number of nitrogens with zero attached hydrogens (tertiary/aromatic N) is 1. The number of thiazole rings is 1. The molecule has 164 valence electrons. The molecule has 1 aromatic heterocycles. The van der Waals surface area contributed by atoms with E-state index in [2.05, 4.69) is 17.4 Å². The van der Waals surface area contributed by atoms with E-state index in [4.69, 9.17) is 11.6 Å². The molecule has 2 fully saturated rings. The molecule has 1 aliphatic heterocycles. The van der Waals surface area contributed by atoms with Crippen LogP contribution in [0.15, 0.2) is 64.4 Å². The number of nitrogens with one attached hydrogen (secondary N) is 1. The molecule has 2 aliphatic carbocycles. The van der Waals surface area contributed by atoms with Crippen LogP contribution in [0.3, 0.4) is 0 Å². The molecule has 6 rings (SSSR count). The van der Waals surface area contributed by atoms with Gasteiger partial charge in [-0.3, -0.25) is 14.2 Å². The number of aromatic nitrogens is 1. The normalized spacial score (nSPS) is 27.7. The highest BCUT2D eigenvalue weighted by Crippen LogP contribution is 2.64. The Morgan fingerprint density at radius 1 is 1.06 bits per heavy atom. The molecule has 2 aromatic carbocycles. The van der Waals surface area contributed by atoms with E-state index in [9.17, 15) is 9.59 Å². The second kappa shape index (κ2) is 8.08. The van der Waals surface area contributed by atoms with Crippen molar-refractivity contribution < 1.29 is 4.79 Å². The molecular formula is C25H23ClN2O2S2. The summed E-state index contributed by atoms with van der Waals surface area (Å²) in [6, 6.07) is 17.5. The summed E-state index contributed by atoms with van der Waals surface area (Å²) >= 11 is 9.36. The zero-order valence-corrected chi connectivity index (χ0v) is 19.8. The highest BCUT2D eigenvalue weighted by molar-refractivity contribution is 8.00. The molecular weight excluding hydrogens is 460 g/mol. The number of halogens is 1. The van der Waals surface area contributed by atoms with E-state index < -0.39 is 0 Å². The third kappa shape index (κ3) is 3.44. The highest BCUT2D eigenvalue weighted by atomic mass is 35.5. The lowest BCUT2D eigenvalue weighted by atomic mass is 9.75. The highest BCUT2D eigenvalue weighted by Gasteiger charge is 2.55. The van der Waals surface area contributed by atoms with Gasteiger partial charge in [0.25, 0.3) is 0 Å². The topological polar surface area (TPSA) is 51.1 Å². The van der Waals surface area contributed by atoms with Gasteiger partial charge in [-0.2, -0.15) is 0 Å². The van der Waals surface area contributed by atoms with Gasteiger partial charge in [0.05, 0.1) is 5.03 Å². The second-order valence-corrected chi connectivity index (χ2v) is 11.7. The van der Waals surface area contributed by atoms with Crippen molar-refractivity contribution in [1.29, 1.82) is 0 Å². The van der Waals surface area contributed by atoms with E-state index in [1.165, 1.54) is 36.2 Å². The summed E-state index contributed by atoms with van der Waals surface area (Å²) in [4.78, 5) is 26.9. The minimum Gasteiger partial charge on any atom is -0.325 e. The van der Waals surface area contributed by atoms with Crippen LogP contribution >= 0.6 is 34.7 Å². The lowest BCUT2D eigenvalue weighted by Gasteiger charge is -2.40. The van der Waals surface area contributed by atoms with E-state index in [0.29, 0.717) is 17.1 Å². The Kier molecular flexibility index (Phi) is 5.20. The van der Waals surface area contributed by atoms with Gasteiger partial charge in [0, 0.05) is 26.8 Å². The molecule has 1 N–H and O–H groups in total. The number of fused-ring (bicyclic) bond motifs is 6. The fraction of sp³-hybridized carbons (Fsp3) is 0.360. The molecule has 2 saturated carbocycles. The summed E-state index contributed by atoms with van der Waals surface area (Å²) < 4.78 is 1.70. The second-order valence-electron chi connectivity index (χ2n) is 9.06. The molecule has 7 heteroatoms. The molecule has 3 aliphatic rings. The molecule has 3 aromatic rings. The van der Waals surface area contributed by atoms with Crippen LogP contribution in [-0.2, 0) is 11.3 Å². The smallest absolute Gasteiger partial charge is 0.308 e. The Balaban J connectivity index is 1.38. The van der Waals surface area contributed by atoms with E-state index in [1.54, 1.807) is 4.57 Å². The van der Waals surface area contributed by atoms with Crippen LogP contribution < -0.4 is 10.2 Å². The van der Waals surface area contributed by atoms with E-state index in [1.807, 2.05) is 54.2 Å². The van der Waals surface area contributed by atoms with Crippen molar-refractivity contribution in [1.82, 2.24) is 4.57 Å². The maximum Gasteiger partial charge on any atom is 0.308 e. The van der Waals surface area contributed by atoms with Gasteiger partial charge in [-0.05, 0) is 66.8 Å². The van der Waals surface area contributed by atoms with Gasteiger partial charge in [0.1, 0.15) is 6.54 Å². The number of benzene rings is 2. The summed E-state index contributed by atoms with van der Waals surface area (Å²) in [5.74, 6) is 2.02. The van der Waals surface area contributed by atoms with Gasteiger partial charge in [0.2, 0.25) is 5.91 Å². The number of hydrogen-bond donors (Lipinski definition) is 1. The number of carbonyl (C=O) groups excluding carboxylic acids is 1. The van der Waals surface area contributed by atoms with Crippen LogP contribution in [0.25, 0.3) is 0 Å². The standard InChI is InChI=1S/C25H23ClN2O2S2/c26-17-10-8-14(9-11-17)20-21-15-6-7-16(12-15)22(21)31-24-23(20)32-25(30)28(24)13-19(29)27-18-4-2-1-3-5-18/h1-5,8-11,15-16,20-22H,6-7,12-13H2,(H,27,29)/t15-,16-,20-,21-,22+/m0/s1. The van der Waals surface area contributed by atoms with Crippen molar-refractivity contribution in [2.24, 2.45) is 17.8 Å². The van der Waals surface area contributed by atoms with Crippen molar-refractivity contribution in [3.63, 3.8) is 0 Å². The Labute approximate surface area is 200 Å². The lowest BCUT2D eigenvalue weighted by molar-refractivity contribution is -0.116. The minimum atomic E-state index is -0.169. The lowest BCUT2D eigenvalue weighted by Crippen LogP contribution is -2.34. The summed E-state index contributed by atoms with van der Waals surface area (Å²) in [6.07, 6.45) is 3.87. The Morgan fingerprint density at radius 2 is 1.81 bits per heavy atom. The summed E-state index contributed by atoms with van der Waals surface area (Å²) in [7, 11) is 0. The third-order valence-electron chi connectivity index (χ3n) is 7.28.